The van der Waals surface area contributed by atoms with Crippen molar-refractivity contribution in [1.29, 1.82) is 5.26 Å². The minimum absolute atomic E-state index is 0.194. The first-order chi connectivity index (χ1) is 11.8. The largest absolute Gasteiger partial charge is 0.458 e. The predicted octanol–water partition coefficient (Wildman–Crippen LogP) is 2.15. The molecule has 2 aromatic rings. The molecule has 1 aromatic carbocycles. The van der Waals surface area contributed by atoms with E-state index in [9.17, 15) is 5.26 Å². The van der Waals surface area contributed by atoms with Crippen molar-refractivity contribution >= 4 is 11.6 Å². The van der Waals surface area contributed by atoms with E-state index in [1.54, 1.807) is 0 Å². The zero-order valence-corrected chi connectivity index (χ0v) is 13.5. The number of morpholine rings is 1. The lowest BCUT2D eigenvalue weighted by atomic mass is 10.3. The first-order valence-corrected chi connectivity index (χ1v) is 7.84. The topological polar surface area (TPSA) is 83.3 Å². The highest BCUT2D eigenvalue weighted by molar-refractivity contribution is 5.54. The summed E-state index contributed by atoms with van der Waals surface area (Å²) in [4.78, 5) is 10.7. The van der Waals surface area contributed by atoms with Crippen LogP contribution in [-0.2, 0) is 4.74 Å². The van der Waals surface area contributed by atoms with Gasteiger partial charge in [-0.15, -0.1) is 0 Å². The molecule has 1 aliphatic heterocycles. The van der Waals surface area contributed by atoms with Crippen molar-refractivity contribution in [3.05, 3.63) is 42.1 Å². The number of nitrogens with zero attached hydrogens (tertiary/aromatic N) is 4. The molecule has 7 heteroatoms. The number of ether oxygens (including phenoxy) is 2. The molecule has 24 heavy (non-hydrogen) atoms. The molecule has 1 aromatic heterocycles. The van der Waals surface area contributed by atoms with Gasteiger partial charge in [0.05, 0.1) is 19.4 Å². The van der Waals surface area contributed by atoms with Crippen LogP contribution in [0.2, 0.25) is 0 Å². The molecule has 1 atom stereocenters. The first kappa shape index (κ1) is 16.2. The summed E-state index contributed by atoms with van der Waals surface area (Å²) in [7, 11) is 0. The van der Waals surface area contributed by atoms with Gasteiger partial charge in [0.2, 0.25) is 11.8 Å². The van der Waals surface area contributed by atoms with Crippen LogP contribution in [0.1, 0.15) is 12.5 Å². The van der Waals surface area contributed by atoms with E-state index >= 15 is 0 Å². The maximum atomic E-state index is 9.26. The summed E-state index contributed by atoms with van der Waals surface area (Å²) in [5.74, 6) is 0.675. The minimum Gasteiger partial charge on any atom is -0.458 e. The summed E-state index contributed by atoms with van der Waals surface area (Å²) in [6, 6.07) is 11.7. The smallest absolute Gasteiger partial charge is 0.238 e. The molecule has 0 aliphatic carbocycles. The molecule has 1 N–H and O–H groups in total. The van der Waals surface area contributed by atoms with Gasteiger partial charge >= 0.3 is 0 Å². The Labute approximate surface area is 140 Å². The molecule has 1 saturated heterocycles. The fraction of sp³-hybridized carbons (Fsp3) is 0.353. The highest BCUT2D eigenvalue weighted by atomic mass is 16.5. The zero-order chi connectivity index (χ0) is 16.8. The SMILES string of the molecule is CC(Oc1nc(Nc2ccccc2)ncc1C#N)N1CCOCC1. The average molecular weight is 325 g/mol. The summed E-state index contributed by atoms with van der Waals surface area (Å²) in [5.41, 5.74) is 1.18. The van der Waals surface area contributed by atoms with E-state index in [-0.39, 0.29) is 12.1 Å². The van der Waals surface area contributed by atoms with Crippen LogP contribution in [0.5, 0.6) is 5.88 Å². The van der Waals surface area contributed by atoms with Crippen LogP contribution in [0.4, 0.5) is 11.6 Å². The van der Waals surface area contributed by atoms with Crippen LogP contribution in [0.25, 0.3) is 0 Å². The van der Waals surface area contributed by atoms with E-state index in [4.69, 9.17) is 9.47 Å². The average Bonchev–Trinajstić information content (AvgIpc) is 2.63. The van der Waals surface area contributed by atoms with Gasteiger partial charge in [0.1, 0.15) is 11.6 Å². The number of hydrogen-bond acceptors (Lipinski definition) is 7. The Morgan fingerprint density at radius 1 is 1.29 bits per heavy atom. The quantitative estimate of drug-likeness (QED) is 0.901. The van der Waals surface area contributed by atoms with E-state index in [1.807, 2.05) is 37.3 Å². The highest BCUT2D eigenvalue weighted by Gasteiger charge is 2.20. The maximum absolute atomic E-state index is 9.26. The summed E-state index contributed by atoms with van der Waals surface area (Å²) < 4.78 is 11.3. The lowest BCUT2D eigenvalue weighted by Gasteiger charge is -2.31. The lowest BCUT2D eigenvalue weighted by molar-refractivity contribution is -0.0389. The van der Waals surface area contributed by atoms with Crippen molar-refractivity contribution in [3.8, 4) is 11.9 Å². The van der Waals surface area contributed by atoms with Gasteiger partial charge < -0.3 is 14.8 Å². The van der Waals surface area contributed by atoms with Crippen LogP contribution in [-0.4, -0.2) is 47.4 Å². The van der Waals surface area contributed by atoms with Crippen molar-refractivity contribution in [3.63, 3.8) is 0 Å². The Bertz CT molecular complexity index is 711. The van der Waals surface area contributed by atoms with Gasteiger partial charge in [-0.3, -0.25) is 4.90 Å². The monoisotopic (exact) mass is 325 g/mol. The van der Waals surface area contributed by atoms with Gasteiger partial charge in [0.15, 0.2) is 6.23 Å². The van der Waals surface area contributed by atoms with E-state index < -0.39 is 0 Å². The molecule has 0 saturated carbocycles. The third kappa shape index (κ3) is 3.98. The van der Waals surface area contributed by atoms with Gasteiger partial charge in [-0.2, -0.15) is 10.2 Å². The minimum atomic E-state index is -0.194. The van der Waals surface area contributed by atoms with Crippen molar-refractivity contribution in [2.24, 2.45) is 0 Å². The molecular formula is C17H19N5O2. The van der Waals surface area contributed by atoms with E-state index in [1.165, 1.54) is 6.20 Å². The number of nitriles is 1. The third-order valence-corrected chi connectivity index (χ3v) is 3.75. The molecule has 124 valence electrons. The Morgan fingerprint density at radius 2 is 2.04 bits per heavy atom. The molecule has 0 bridgehead atoms. The number of nitrogens with one attached hydrogen (secondary N) is 1. The molecule has 0 radical (unpaired) electrons. The van der Waals surface area contributed by atoms with Gasteiger partial charge in [-0.1, -0.05) is 18.2 Å². The molecule has 0 spiro atoms. The van der Waals surface area contributed by atoms with Gasteiger partial charge in [-0.25, -0.2) is 4.98 Å². The number of aromatic nitrogens is 2. The second kappa shape index (κ2) is 7.73. The van der Waals surface area contributed by atoms with Crippen molar-refractivity contribution in [2.45, 2.75) is 13.2 Å². The Kier molecular flexibility index (Phi) is 5.21. The summed E-state index contributed by atoms with van der Waals surface area (Å²) in [6.07, 6.45) is 1.28. The number of para-hydroxylation sites is 1. The molecule has 1 aliphatic rings. The first-order valence-electron chi connectivity index (χ1n) is 7.84. The van der Waals surface area contributed by atoms with Crippen LogP contribution in [0.3, 0.4) is 0 Å². The molecule has 7 nitrogen and oxygen atoms in total. The molecular weight excluding hydrogens is 306 g/mol. The van der Waals surface area contributed by atoms with Crippen LogP contribution >= 0.6 is 0 Å². The standard InChI is InChI=1S/C17H19N5O2/c1-13(22-7-9-23-10-8-22)24-16-14(11-18)12-19-17(21-16)20-15-5-3-2-4-6-15/h2-6,12-13H,7-10H2,1H3,(H,19,20,21). The number of rotatable bonds is 5. The van der Waals surface area contributed by atoms with Crippen LogP contribution in [0, 0.1) is 11.3 Å². The van der Waals surface area contributed by atoms with E-state index in [2.05, 4.69) is 26.3 Å². The molecule has 1 fully saturated rings. The summed E-state index contributed by atoms with van der Waals surface area (Å²) >= 11 is 0. The van der Waals surface area contributed by atoms with Gasteiger partial charge in [0, 0.05) is 18.8 Å². The zero-order valence-electron chi connectivity index (χ0n) is 13.5. The van der Waals surface area contributed by atoms with Gasteiger partial charge in [-0.05, 0) is 19.1 Å². The molecule has 0 amide bonds. The Morgan fingerprint density at radius 3 is 2.75 bits per heavy atom. The second-order valence-electron chi connectivity index (χ2n) is 5.38. The fourth-order valence-electron chi connectivity index (χ4n) is 2.42. The normalized spacial score (nSPS) is 16.2. The molecule has 2 heterocycles. The molecule has 3 rings (SSSR count). The van der Waals surface area contributed by atoms with Gasteiger partial charge in [0.25, 0.3) is 0 Å². The number of anilines is 2. The van der Waals surface area contributed by atoms with E-state index in [0.717, 1.165) is 18.8 Å². The highest BCUT2D eigenvalue weighted by Crippen LogP contribution is 2.20. The number of benzene rings is 1. The van der Waals surface area contributed by atoms with E-state index in [0.29, 0.717) is 24.7 Å². The van der Waals surface area contributed by atoms with Crippen LogP contribution < -0.4 is 10.1 Å². The lowest BCUT2D eigenvalue weighted by Crippen LogP contribution is -2.44. The number of hydrogen-bond donors (Lipinski definition) is 1. The van der Waals surface area contributed by atoms with Crippen molar-refractivity contribution < 1.29 is 9.47 Å². The van der Waals surface area contributed by atoms with Crippen LogP contribution in [0.15, 0.2) is 36.5 Å². The Balaban J connectivity index is 1.75. The van der Waals surface area contributed by atoms with Crippen molar-refractivity contribution in [2.75, 3.05) is 31.6 Å². The third-order valence-electron chi connectivity index (χ3n) is 3.75. The summed E-state index contributed by atoms with van der Waals surface area (Å²) in [6.45, 7) is 4.90. The van der Waals surface area contributed by atoms with Crippen molar-refractivity contribution in [1.82, 2.24) is 14.9 Å². The Hall–Kier alpha value is -2.69. The second-order valence-corrected chi connectivity index (χ2v) is 5.38. The maximum Gasteiger partial charge on any atom is 0.238 e. The predicted molar refractivity (Wildman–Crippen MR) is 89.0 cm³/mol. The molecule has 1 unspecified atom stereocenters. The summed E-state index contributed by atoms with van der Waals surface area (Å²) in [5, 5.41) is 12.4. The fourth-order valence-corrected chi connectivity index (χ4v) is 2.42.